The van der Waals surface area contributed by atoms with E-state index in [0.29, 0.717) is 29.4 Å². The average Bonchev–Trinajstić information content (AvgIpc) is 3.75. The quantitative estimate of drug-likeness (QED) is 0.0490. The van der Waals surface area contributed by atoms with E-state index in [9.17, 15) is 33.9 Å². The number of thiazole rings is 1. The molecule has 3 atom stereocenters. The van der Waals surface area contributed by atoms with Gasteiger partial charge in [-0.05, 0) is 48.4 Å². The lowest BCUT2D eigenvalue weighted by atomic mass is 9.85. The van der Waals surface area contributed by atoms with Gasteiger partial charge in [-0.25, -0.2) is 9.97 Å². The molecule has 0 spiro atoms. The fourth-order valence-electron chi connectivity index (χ4n) is 7.95. The molecule has 2 aromatic carbocycles. The molecule has 4 heterocycles. The van der Waals surface area contributed by atoms with Crippen molar-refractivity contribution in [1.82, 2.24) is 56.1 Å². The molecule has 382 valence electrons. The molecule has 7 rings (SSSR count). The van der Waals surface area contributed by atoms with E-state index in [2.05, 4.69) is 57.2 Å². The zero-order valence-electron chi connectivity index (χ0n) is 41.1. The molecular formula is C49H61N13O9S. The smallest absolute Gasteiger partial charge is 0.273 e. The normalized spacial score (nSPS) is 15.8. The highest BCUT2D eigenvalue weighted by Gasteiger charge is 2.44. The first-order valence-electron chi connectivity index (χ1n) is 23.7. The topological polar surface area (TPSA) is 286 Å². The number of aryl methyl sites for hydroxylation is 1. The molecule has 2 aliphatic rings. The molecule has 23 heteroatoms. The van der Waals surface area contributed by atoms with Gasteiger partial charge in [0.05, 0.1) is 66.0 Å². The van der Waals surface area contributed by atoms with Crippen LogP contribution in [0.5, 0.6) is 5.75 Å². The highest BCUT2D eigenvalue weighted by Crippen LogP contribution is 2.38. The fourth-order valence-corrected chi connectivity index (χ4v) is 8.77. The number of amides is 6. The van der Waals surface area contributed by atoms with E-state index in [1.807, 2.05) is 52.0 Å². The number of β-amino-alcohol motifs (C(OH)–C–C–N with tert-alkyl or cyclic N) is 1. The van der Waals surface area contributed by atoms with Gasteiger partial charge in [0.25, 0.3) is 5.91 Å². The monoisotopic (exact) mass is 1010 g/mol. The number of benzene rings is 2. The summed E-state index contributed by atoms with van der Waals surface area (Å²) in [7, 11) is 2.96. The summed E-state index contributed by atoms with van der Waals surface area (Å²) in [6.07, 6.45) is 2.27. The van der Waals surface area contributed by atoms with Gasteiger partial charge in [0, 0.05) is 57.9 Å². The van der Waals surface area contributed by atoms with Crippen LogP contribution in [0.15, 0.2) is 60.4 Å². The van der Waals surface area contributed by atoms with Crippen LogP contribution in [0, 0.1) is 18.3 Å². The van der Waals surface area contributed by atoms with Gasteiger partial charge in [0.1, 0.15) is 18.4 Å². The number of likely N-dealkylation sites (tertiary alicyclic amines) is 1. The molecule has 3 aromatic heterocycles. The third-order valence-corrected chi connectivity index (χ3v) is 13.0. The second kappa shape index (κ2) is 23.7. The molecule has 5 aromatic rings. The Morgan fingerprint density at radius 2 is 1.68 bits per heavy atom. The minimum Gasteiger partial charge on any atom is -0.494 e. The molecular weight excluding hydrogens is 947 g/mol. The molecule has 0 unspecified atom stereocenters. The number of carbonyl (C=O) groups is 6. The molecule has 0 radical (unpaired) electrons. The molecule has 7 N–H and O–H groups in total. The largest absolute Gasteiger partial charge is 0.494 e. The third-order valence-electron chi connectivity index (χ3n) is 12.0. The summed E-state index contributed by atoms with van der Waals surface area (Å²) in [4.78, 5) is 89.5. The number of para-hydroxylation sites is 1. The molecule has 6 amide bonds. The summed E-state index contributed by atoms with van der Waals surface area (Å²) in [5, 5.41) is 40.3. The van der Waals surface area contributed by atoms with Gasteiger partial charge in [-0.2, -0.15) is 5.10 Å². The van der Waals surface area contributed by atoms with Crippen LogP contribution in [0.1, 0.15) is 74.6 Å². The first-order valence-corrected chi connectivity index (χ1v) is 24.5. The molecule has 2 fully saturated rings. The van der Waals surface area contributed by atoms with Gasteiger partial charge in [-0.3, -0.25) is 33.4 Å². The first kappa shape index (κ1) is 52.5. The second-order valence-corrected chi connectivity index (χ2v) is 19.4. The summed E-state index contributed by atoms with van der Waals surface area (Å²) >= 11 is 1.56. The van der Waals surface area contributed by atoms with Crippen LogP contribution in [0.3, 0.4) is 0 Å². The first-order chi connectivity index (χ1) is 34.5. The summed E-state index contributed by atoms with van der Waals surface area (Å²) in [5.74, 6) is -1.38. The number of ether oxygens (including phenoxy) is 2. The molecule has 72 heavy (non-hydrogen) atoms. The Labute approximate surface area is 420 Å². The highest BCUT2D eigenvalue weighted by molar-refractivity contribution is 7.13. The maximum absolute atomic E-state index is 14.0. The van der Waals surface area contributed by atoms with E-state index >= 15 is 0 Å². The number of nitrogens with one attached hydrogen (secondary N) is 6. The lowest BCUT2D eigenvalue weighted by Gasteiger charge is -2.35. The van der Waals surface area contributed by atoms with Gasteiger partial charge < -0.3 is 51.4 Å². The van der Waals surface area contributed by atoms with Crippen LogP contribution in [0.2, 0.25) is 0 Å². The van der Waals surface area contributed by atoms with Crippen molar-refractivity contribution in [2.45, 2.75) is 91.1 Å². The van der Waals surface area contributed by atoms with Crippen LogP contribution in [-0.4, -0.2) is 134 Å². The summed E-state index contributed by atoms with van der Waals surface area (Å²) < 4.78 is 12.9. The number of aromatic nitrogens is 6. The van der Waals surface area contributed by atoms with E-state index in [4.69, 9.17) is 9.47 Å². The number of aliphatic hydroxyl groups is 1. The summed E-state index contributed by atoms with van der Waals surface area (Å²) in [6, 6.07) is 12.7. The number of methoxy groups -OCH3 is 1. The summed E-state index contributed by atoms with van der Waals surface area (Å²) in [6.45, 7) is 8.16. The number of hydrogen-bond donors (Lipinski definition) is 7. The Morgan fingerprint density at radius 1 is 0.931 bits per heavy atom. The number of carbonyl (C=O) groups excluding carboxylic acids is 6. The Hall–Kier alpha value is -7.37. The third kappa shape index (κ3) is 13.5. The van der Waals surface area contributed by atoms with Crippen molar-refractivity contribution >= 4 is 64.0 Å². The lowest BCUT2D eigenvalue weighted by molar-refractivity contribution is -0.144. The van der Waals surface area contributed by atoms with Crippen LogP contribution >= 0.6 is 11.3 Å². The number of nitrogens with zero attached hydrogens (tertiary/aromatic N) is 7. The van der Waals surface area contributed by atoms with Crippen LogP contribution in [0.25, 0.3) is 21.8 Å². The van der Waals surface area contributed by atoms with Crippen molar-refractivity contribution in [3.63, 3.8) is 0 Å². The van der Waals surface area contributed by atoms with Crippen LogP contribution < -0.4 is 36.6 Å². The van der Waals surface area contributed by atoms with Crippen molar-refractivity contribution in [3.05, 3.63) is 77.3 Å². The van der Waals surface area contributed by atoms with Crippen molar-refractivity contribution in [2.24, 2.45) is 11.3 Å². The second-order valence-electron chi connectivity index (χ2n) is 18.6. The minimum absolute atomic E-state index is 0.00133. The molecule has 1 saturated carbocycles. The van der Waals surface area contributed by atoms with E-state index in [-0.39, 0.29) is 87.0 Å². The van der Waals surface area contributed by atoms with Gasteiger partial charge in [-0.15, -0.1) is 21.5 Å². The summed E-state index contributed by atoms with van der Waals surface area (Å²) in [5.41, 5.74) is 5.22. The maximum Gasteiger partial charge on any atom is 0.273 e. The molecule has 22 nitrogen and oxygen atoms in total. The van der Waals surface area contributed by atoms with Crippen LogP contribution in [-0.2, 0) is 41.8 Å². The fraction of sp³-hybridized carbons (Fsp3) is 0.449. The van der Waals surface area contributed by atoms with Crippen LogP contribution in [0.4, 0.5) is 17.2 Å². The minimum atomic E-state index is -0.993. The molecule has 1 aliphatic heterocycles. The van der Waals surface area contributed by atoms with E-state index < -0.39 is 47.2 Å². The predicted octanol–water partition coefficient (Wildman–Crippen LogP) is 3.35. The molecule has 1 aliphatic carbocycles. The van der Waals surface area contributed by atoms with Crippen molar-refractivity contribution in [3.8, 4) is 27.6 Å². The van der Waals surface area contributed by atoms with Gasteiger partial charge >= 0.3 is 0 Å². The number of aliphatic hydroxyl groups excluding tert-OH is 1. The zero-order valence-corrected chi connectivity index (χ0v) is 41.9. The van der Waals surface area contributed by atoms with Gasteiger partial charge in [-0.1, -0.05) is 51.1 Å². The predicted molar refractivity (Wildman–Crippen MR) is 267 cm³/mol. The lowest BCUT2D eigenvalue weighted by Crippen LogP contribution is -2.57. The SMILES string of the molecule is CNC(=O)c1nnc(NC(=O)C2CC2)cc1Nc1cccc(-c2ncn(CCNC(=O)CCOCCC(=O)N[C@H](C(=O)N3C[C@H](O)C[C@H]3C(=O)NCc3ccc(-c4scnc4C)cc3)C(C)(C)C)n2)c1OC. The number of anilines is 3. The van der Waals surface area contributed by atoms with Crippen molar-refractivity contribution < 1.29 is 43.3 Å². The standard InChI is InChI=1S/C49H61N13O9S/c1-28-42(72-27-54-28)30-12-10-29(11-13-30)24-52-46(67)36-22-32(63)25-62(36)48(69)43(49(2,3)4)57-39(65)17-21-71-20-16-38(64)51-18-19-61-26-53-44(60-61)33-8-7-9-34(41(33)70-6)55-35-23-37(56-45(66)31-14-15-31)58-59-40(35)47(68)50-5/h7-13,23,26-27,31-32,36,43,63H,14-22,24-25H2,1-6H3,(H,50,68)(H,51,64)(H,52,67)(H,57,65)(H2,55,56,58,66)/t32-,36+,43-/m1/s1. The molecule has 0 bridgehead atoms. The van der Waals surface area contributed by atoms with Crippen molar-refractivity contribution in [1.29, 1.82) is 0 Å². The maximum atomic E-state index is 14.0. The number of hydrogen-bond acceptors (Lipinski definition) is 16. The van der Waals surface area contributed by atoms with E-state index in [1.165, 1.54) is 31.5 Å². The van der Waals surface area contributed by atoms with E-state index in [1.54, 1.807) is 39.7 Å². The average molecular weight is 1010 g/mol. The Morgan fingerprint density at radius 3 is 2.36 bits per heavy atom. The molecule has 1 saturated heterocycles. The number of rotatable bonds is 22. The van der Waals surface area contributed by atoms with E-state index in [0.717, 1.165) is 34.5 Å². The zero-order chi connectivity index (χ0) is 51.5. The Bertz CT molecular complexity index is 2750. The van der Waals surface area contributed by atoms with Gasteiger partial charge in [0.2, 0.25) is 29.5 Å². The van der Waals surface area contributed by atoms with Gasteiger partial charge in [0.15, 0.2) is 23.1 Å². The van der Waals surface area contributed by atoms with Crippen molar-refractivity contribution in [2.75, 3.05) is 51.1 Å². The Kier molecular flexibility index (Phi) is 17.3. The highest BCUT2D eigenvalue weighted by atomic mass is 32.1. The Balaban J connectivity index is 0.837.